The average molecular weight is 271 g/mol. The minimum absolute atomic E-state index is 0.297. The largest absolute Gasteiger partial charge is 0.370 e. The monoisotopic (exact) mass is 270 g/mol. The van der Waals surface area contributed by atoms with Gasteiger partial charge in [0.15, 0.2) is 0 Å². The van der Waals surface area contributed by atoms with E-state index in [1.165, 1.54) is 6.42 Å². The summed E-state index contributed by atoms with van der Waals surface area (Å²) in [6, 6.07) is 0. The Bertz CT molecular complexity index is 353. The Balaban J connectivity index is 2.23. The molecule has 4 nitrogen and oxygen atoms in total. The number of rotatable bonds is 8. The van der Waals surface area contributed by atoms with Gasteiger partial charge in [0.1, 0.15) is 5.82 Å². The predicted molar refractivity (Wildman–Crippen MR) is 77.3 cm³/mol. The minimum Gasteiger partial charge on any atom is -0.370 e. The summed E-state index contributed by atoms with van der Waals surface area (Å²) in [5.41, 5.74) is 1.03. The number of hydrogen-bond acceptors (Lipinski definition) is 4. The van der Waals surface area contributed by atoms with Gasteiger partial charge in [0.05, 0.1) is 0 Å². The van der Waals surface area contributed by atoms with Crippen molar-refractivity contribution in [2.75, 3.05) is 31.5 Å². The zero-order valence-corrected chi connectivity index (χ0v) is 12.3. The summed E-state index contributed by atoms with van der Waals surface area (Å²) in [4.78, 5) is 10.5. The van der Waals surface area contributed by atoms with Crippen LogP contribution in [0.2, 0.25) is 5.28 Å². The normalized spacial score (nSPS) is 10.9. The molecule has 0 aliphatic rings. The molecule has 0 amide bonds. The van der Waals surface area contributed by atoms with Crippen molar-refractivity contribution in [1.82, 2.24) is 14.9 Å². The Morgan fingerprint density at radius 3 is 2.67 bits per heavy atom. The number of aromatic nitrogens is 2. The number of nitrogens with zero attached hydrogens (tertiary/aromatic N) is 3. The van der Waals surface area contributed by atoms with Crippen molar-refractivity contribution in [3.8, 4) is 0 Å². The quantitative estimate of drug-likeness (QED) is 0.582. The van der Waals surface area contributed by atoms with Crippen LogP contribution in [0.3, 0.4) is 0 Å². The van der Waals surface area contributed by atoms with Crippen molar-refractivity contribution in [3.05, 3.63) is 17.0 Å². The van der Waals surface area contributed by atoms with E-state index >= 15 is 0 Å². The average Bonchev–Trinajstić information content (AvgIpc) is 2.38. The molecule has 1 heterocycles. The standard InChI is InChI=1S/C13H23ClN4/c1-4-18(5-2)9-7-6-8-15-12-11(3)10-16-13(14)17-12/h10H,4-9H2,1-3H3,(H,15,16,17). The van der Waals surface area contributed by atoms with E-state index < -0.39 is 0 Å². The van der Waals surface area contributed by atoms with Crippen molar-refractivity contribution in [2.24, 2.45) is 0 Å². The zero-order chi connectivity index (χ0) is 13.4. The zero-order valence-electron chi connectivity index (χ0n) is 11.5. The van der Waals surface area contributed by atoms with Crippen LogP contribution in [-0.2, 0) is 0 Å². The second-order valence-electron chi connectivity index (χ2n) is 4.33. The maximum atomic E-state index is 5.77. The molecule has 18 heavy (non-hydrogen) atoms. The van der Waals surface area contributed by atoms with Crippen molar-refractivity contribution in [3.63, 3.8) is 0 Å². The van der Waals surface area contributed by atoms with Crippen LogP contribution < -0.4 is 5.32 Å². The van der Waals surface area contributed by atoms with E-state index in [4.69, 9.17) is 11.6 Å². The van der Waals surface area contributed by atoms with Crippen LogP contribution in [0, 0.1) is 6.92 Å². The van der Waals surface area contributed by atoms with E-state index in [0.717, 1.165) is 44.0 Å². The van der Waals surface area contributed by atoms with Crippen LogP contribution in [0.5, 0.6) is 0 Å². The lowest BCUT2D eigenvalue weighted by atomic mass is 10.2. The highest BCUT2D eigenvalue weighted by molar-refractivity contribution is 6.28. The molecule has 1 aromatic heterocycles. The van der Waals surface area contributed by atoms with Gasteiger partial charge in [-0.25, -0.2) is 9.97 Å². The van der Waals surface area contributed by atoms with Gasteiger partial charge in [0, 0.05) is 18.3 Å². The van der Waals surface area contributed by atoms with Gasteiger partial charge in [-0.15, -0.1) is 0 Å². The van der Waals surface area contributed by atoms with Crippen LogP contribution in [0.1, 0.15) is 32.3 Å². The van der Waals surface area contributed by atoms with Gasteiger partial charge < -0.3 is 10.2 Å². The summed E-state index contributed by atoms with van der Waals surface area (Å²) in [5.74, 6) is 0.845. The molecule has 0 radical (unpaired) electrons. The van der Waals surface area contributed by atoms with Gasteiger partial charge in [0.25, 0.3) is 0 Å². The summed E-state index contributed by atoms with van der Waals surface area (Å²) in [6.07, 6.45) is 4.08. The number of aryl methyl sites for hydroxylation is 1. The maximum absolute atomic E-state index is 5.77. The molecule has 0 spiro atoms. The summed E-state index contributed by atoms with van der Waals surface area (Å²) >= 11 is 5.77. The molecule has 0 aliphatic carbocycles. The fourth-order valence-corrected chi connectivity index (χ4v) is 1.94. The number of anilines is 1. The molecule has 0 aliphatic heterocycles. The van der Waals surface area contributed by atoms with E-state index in [2.05, 4.69) is 34.0 Å². The second-order valence-corrected chi connectivity index (χ2v) is 4.67. The molecule has 0 saturated heterocycles. The second kappa shape index (κ2) is 8.27. The van der Waals surface area contributed by atoms with Gasteiger partial charge in [-0.3, -0.25) is 0 Å². The van der Waals surface area contributed by atoms with E-state index in [-0.39, 0.29) is 0 Å². The molecular formula is C13H23ClN4. The maximum Gasteiger partial charge on any atom is 0.224 e. The van der Waals surface area contributed by atoms with Gasteiger partial charge in [-0.1, -0.05) is 13.8 Å². The molecule has 1 aromatic rings. The van der Waals surface area contributed by atoms with Crippen molar-refractivity contribution < 1.29 is 0 Å². The molecular weight excluding hydrogens is 248 g/mol. The first-order valence-electron chi connectivity index (χ1n) is 6.62. The minimum atomic E-state index is 0.297. The Morgan fingerprint density at radius 2 is 2.00 bits per heavy atom. The fraction of sp³-hybridized carbons (Fsp3) is 0.692. The highest BCUT2D eigenvalue weighted by Crippen LogP contribution is 2.12. The Hall–Kier alpha value is -0.870. The van der Waals surface area contributed by atoms with Crippen LogP contribution in [0.25, 0.3) is 0 Å². The van der Waals surface area contributed by atoms with Gasteiger partial charge in [0.2, 0.25) is 5.28 Å². The number of nitrogens with one attached hydrogen (secondary N) is 1. The van der Waals surface area contributed by atoms with E-state index in [1.807, 2.05) is 6.92 Å². The van der Waals surface area contributed by atoms with E-state index in [1.54, 1.807) is 6.20 Å². The van der Waals surface area contributed by atoms with E-state index in [0.29, 0.717) is 5.28 Å². The lowest BCUT2D eigenvalue weighted by molar-refractivity contribution is 0.298. The molecule has 1 rings (SSSR count). The number of halogens is 1. The highest BCUT2D eigenvalue weighted by atomic mass is 35.5. The lowest BCUT2D eigenvalue weighted by Crippen LogP contribution is -2.24. The van der Waals surface area contributed by atoms with Crippen LogP contribution >= 0.6 is 11.6 Å². The molecule has 0 aromatic carbocycles. The number of unbranched alkanes of at least 4 members (excludes halogenated alkanes) is 1. The smallest absolute Gasteiger partial charge is 0.224 e. The predicted octanol–water partition coefficient (Wildman–Crippen LogP) is 2.97. The topological polar surface area (TPSA) is 41.0 Å². The molecule has 1 N–H and O–H groups in total. The highest BCUT2D eigenvalue weighted by Gasteiger charge is 2.02. The Morgan fingerprint density at radius 1 is 1.28 bits per heavy atom. The third kappa shape index (κ3) is 5.19. The van der Waals surface area contributed by atoms with E-state index in [9.17, 15) is 0 Å². The van der Waals surface area contributed by atoms with Crippen LogP contribution in [0.15, 0.2) is 6.20 Å². The van der Waals surface area contributed by atoms with Gasteiger partial charge in [-0.2, -0.15) is 0 Å². The number of hydrogen-bond donors (Lipinski definition) is 1. The first-order chi connectivity index (χ1) is 8.67. The third-order valence-electron chi connectivity index (χ3n) is 3.03. The summed E-state index contributed by atoms with van der Waals surface area (Å²) in [5, 5.41) is 3.61. The van der Waals surface area contributed by atoms with Gasteiger partial charge in [-0.05, 0) is 51.0 Å². The Labute approximate surface area is 115 Å². The Kier molecular flexibility index (Phi) is 6.98. The fourth-order valence-electron chi connectivity index (χ4n) is 1.81. The molecule has 0 bridgehead atoms. The SMILES string of the molecule is CCN(CC)CCCCNc1nc(Cl)ncc1C. The summed E-state index contributed by atoms with van der Waals surface area (Å²) < 4.78 is 0. The first kappa shape index (κ1) is 15.2. The molecule has 0 saturated carbocycles. The molecule has 102 valence electrons. The molecule has 0 atom stereocenters. The molecule has 0 fully saturated rings. The summed E-state index contributed by atoms with van der Waals surface area (Å²) in [6.45, 7) is 10.7. The first-order valence-corrected chi connectivity index (χ1v) is 7.00. The van der Waals surface area contributed by atoms with Gasteiger partial charge >= 0.3 is 0 Å². The molecule has 5 heteroatoms. The summed E-state index contributed by atoms with van der Waals surface area (Å²) in [7, 11) is 0. The van der Waals surface area contributed by atoms with Crippen LogP contribution in [0.4, 0.5) is 5.82 Å². The lowest BCUT2D eigenvalue weighted by Gasteiger charge is -2.17. The van der Waals surface area contributed by atoms with Crippen molar-refractivity contribution in [1.29, 1.82) is 0 Å². The molecule has 0 unspecified atom stereocenters. The van der Waals surface area contributed by atoms with Crippen LogP contribution in [-0.4, -0.2) is 41.0 Å². The van der Waals surface area contributed by atoms with Crippen molar-refractivity contribution >= 4 is 17.4 Å². The third-order valence-corrected chi connectivity index (χ3v) is 3.21. The van der Waals surface area contributed by atoms with Crippen molar-refractivity contribution in [2.45, 2.75) is 33.6 Å².